The highest BCUT2D eigenvalue weighted by molar-refractivity contribution is 9.10. The number of benzene rings is 1. The van der Waals surface area contributed by atoms with Crippen LogP contribution in [0.25, 0.3) is 0 Å². The number of nitrogens with zero attached hydrogens (tertiary/aromatic N) is 1. The summed E-state index contributed by atoms with van der Waals surface area (Å²) in [5.41, 5.74) is -0.217. The first-order valence-corrected chi connectivity index (χ1v) is 6.36. The summed E-state index contributed by atoms with van der Waals surface area (Å²) in [6.45, 7) is -0.225. The van der Waals surface area contributed by atoms with Crippen LogP contribution in [-0.4, -0.2) is 10.5 Å². The van der Waals surface area contributed by atoms with E-state index >= 15 is 0 Å². The number of pyridine rings is 1. The maximum atomic E-state index is 13.0. The summed E-state index contributed by atoms with van der Waals surface area (Å²) in [6, 6.07) is 5.90. The van der Waals surface area contributed by atoms with Gasteiger partial charge in [0.05, 0.1) is 0 Å². The maximum Gasteiger partial charge on any atom is 0.251 e. The zero-order valence-electron chi connectivity index (χ0n) is 10.1. The van der Waals surface area contributed by atoms with Crippen molar-refractivity contribution < 1.29 is 13.6 Å². The molecule has 0 bridgehead atoms. The average Bonchev–Trinajstić information content (AvgIpc) is 2.38. The maximum absolute atomic E-state index is 13.0. The molecule has 1 amide bonds. The third-order valence-corrected chi connectivity index (χ3v) is 2.93. The van der Waals surface area contributed by atoms with Crippen LogP contribution in [0.15, 0.2) is 45.8 Å². The molecular formula is C13H9BrF2N2O2. The van der Waals surface area contributed by atoms with Crippen molar-refractivity contribution in [3.05, 3.63) is 63.0 Å². The van der Waals surface area contributed by atoms with Crippen LogP contribution in [0, 0.1) is 11.6 Å². The quantitative estimate of drug-likeness (QED) is 0.931. The minimum Gasteiger partial charge on any atom is -0.324 e. The van der Waals surface area contributed by atoms with Crippen molar-refractivity contribution in [3.63, 3.8) is 0 Å². The van der Waals surface area contributed by atoms with Crippen LogP contribution >= 0.6 is 15.9 Å². The first kappa shape index (κ1) is 14.4. The minimum absolute atomic E-state index is 0.122. The van der Waals surface area contributed by atoms with Crippen LogP contribution < -0.4 is 10.9 Å². The van der Waals surface area contributed by atoms with Gasteiger partial charge < -0.3 is 9.88 Å². The standard InChI is InChI=1S/C13H9BrF2N2O2/c14-8-1-4-13(20)18(6-8)7-12(19)17-9-2-3-10(15)11(16)5-9/h1-6H,7H2,(H,17,19). The van der Waals surface area contributed by atoms with E-state index in [1.165, 1.54) is 22.9 Å². The van der Waals surface area contributed by atoms with Crippen molar-refractivity contribution in [1.82, 2.24) is 4.57 Å². The molecule has 7 heteroatoms. The van der Waals surface area contributed by atoms with Gasteiger partial charge in [0.1, 0.15) is 6.54 Å². The lowest BCUT2D eigenvalue weighted by Crippen LogP contribution is -2.26. The van der Waals surface area contributed by atoms with Gasteiger partial charge in [-0.25, -0.2) is 8.78 Å². The number of carbonyl (C=O) groups excluding carboxylic acids is 1. The van der Waals surface area contributed by atoms with E-state index in [-0.39, 0.29) is 17.8 Å². The van der Waals surface area contributed by atoms with Gasteiger partial charge in [-0.15, -0.1) is 0 Å². The molecule has 0 spiro atoms. The molecule has 20 heavy (non-hydrogen) atoms. The number of rotatable bonds is 3. The molecule has 1 aromatic heterocycles. The number of amides is 1. The number of aromatic nitrogens is 1. The van der Waals surface area contributed by atoms with Crippen molar-refractivity contribution >= 4 is 27.5 Å². The van der Waals surface area contributed by atoms with Gasteiger partial charge in [-0.1, -0.05) is 0 Å². The topological polar surface area (TPSA) is 51.1 Å². The molecule has 0 fully saturated rings. The van der Waals surface area contributed by atoms with Crippen molar-refractivity contribution in [1.29, 1.82) is 0 Å². The molecule has 0 unspecified atom stereocenters. The number of hydrogen-bond donors (Lipinski definition) is 1. The SMILES string of the molecule is O=C(Cn1cc(Br)ccc1=O)Nc1ccc(F)c(F)c1. The van der Waals surface area contributed by atoms with Gasteiger partial charge in [0.25, 0.3) is 5.56 Å². The molecule has 0 radical (unpaired) electrons. The highest BCUT2D eigenvalue weighted by Crippen LogP contribution is 2.13. The van der Waals surface area contributed by atoms with E-state index in [0.29, 0.717) is 4.47 Å². The second-order valence-corrected chi connectivity index (χ2v) is 4.91. The van der Waals surface area contributed by atoms with Gasteiger partial charge in [0.2, 0.25) is 5.91 Å². The summed E-state index contributed by atoms with van der Waals surface area (Å²) in [6.07, 6.45) is 1.47. The second-order valence-electron chi connectivity index (χ2n) is 3.99. The molecule has 0 saturated heterocycles. The smallest absolute Gasteiger partial charge is 0.251 e. The Kier molecular flexibility index (Phi) is 4.29. The van der Waals surface area contributed by atoms with Crippen LogP contribution in [0.1, 0.15) is 0 Å². The van der Waals surface area contributed by atoms with Gasteiger partial charge >= 0.3 is 0 Å². The molecule has 0 saturated carbocycles. The number of anilines is 1. The molecule has 0 aliphatic heterocycles. The highest BCUT2D eigenvalue weighted by Gasteiger charge is 2.08. The monoisotopic (exact) mass is 342 g/mol. The zero-order valence-corrected chi connectivity index (χ0v) is 11.7. The summed E-state index contributed by atoms with van der Waals surface area (Å²) >= 11 is 3.19. The number of hydrogen-bond acceptors (Lipinski definition) is 2. The molecule has 1 heterocycles. The fourth-order valence-corrected chi connectivity index (χ4v) is 1.93. The van der Waals surface area contributed by atoms with Crippen molar-refractivity contribution in [2.75, 3.05) is 5.32 Å². The molecule has 104 valence electrons. The first-order valence-electron chi connectivity index (χ1n) is 5.56. The van der Waals surface area contributed by atoms with Crippen LogP contribution in [0.5, 0.6) is 0 Å². The summed E-state index contributed by atoms with van der Waals surface area (Å²) in [7, 11) is 0. The number of nitrogens with one attached hydrogen (secondary N) is 1. The second kappa shape index (κ2) is 5.96. The largest absolute Gasteiger partial charge is 0.324 e. The molecule has 1 aromatic carbocycles. The molecule has 2 aromatic rings. The van der Waals surface area contributed by atoms with E-state index in [4.69, 9.17) is 0 Å². The lowest BCUT2D eigenvalue weighted by atomic mass is 10.3. The first-order chi connectivity index (χ1) is 9.45. The third-order valence-electron chi connectivity index (χ3n) is 2.46. The predicted molar refractivity (Wildman–Crippen MR) is 73.4 cm³/mol. The molecule has 0 aliphatic carbocycles. The Hall–Kier alpha value is -2.02. The van der Waals surface area contributed by atoms with E-state index in [0.717, 1.165) is 12.1 Å². The van der Waals surface area contributed by atoms with Crippen molar-refractivity contribution in [3.8, 4) is 0 Å². The zero-order chi connectivity index (χ0) is 14.7. The molecule has 0 aliphatic rings. The summed E-state index contributed by atoms with van der Waals surface area (Å²) in [4.78, 5) is 23.2. The average molecular weight is 343 g/mol. The van der Waals surface area contributed by atoms with E-state index in [9.17, 15) is 18.4 Å². The molecule has 2 rings (SSSR count). The van der Waals surface area contributed by atoms with Gasteiger partial charge in [-0.2, -0.15) is 0 Å². The molecule has 1 N–H and O–H groups in total. The van der Waals surface area contributed by atoms with Crippen LogP contribution in [0.2, 0.25) is 0 Å². The predicted octanol–water partition coefficient (Wildman–Crippen LogP) is 2.53. The third kappa shape index (κ3) is 3.51. The van der Waals surface area contributed by atoms with Gasteiger partial charge in [0, 0.05) is 28.5 Å². The van der Waals surface area contributed by atoms with Crippen LogP contribution in [-0.2, 0) is 11.3 Å². The van der Waals surface area contributed by atoms with E-state index in [1.54, 1.807) is 6.07 Å². The molecule has 0 atom stereocenters. The minimum atomic E-state index is -1.05. The molecular weight excluding hydrogens is 334 g/mol. The lowest BCUT2D eigenvalue weighted by molar-refractivity contribution is -0.116. The Bertz CT molecular complexity index is 716. The van der Waals surface area contributed by atoms with Gasteiger partial charge in [0.15, 0.2) is 11.6 Å². The summed E-state index contributed by atoms with van der Waals surface area (Å²) in [5, 5.41) is 2.38. The van der Waals surface area contributed by atoms with Crippen molar-refractivity contribution in [2.45, 2.75) is 6.54 Å². The summed E-state index contributed by atoms with van der Waals surface area (Å²) < 4.78 is 27.6. The van der Waals surface area contributed by atoms with Gasteiger partial charge in [-0.3, -0.25) is 9.59 Å². The Morgan fingerprint density at radius 3 is 2.65 bits per heavy atom. The fraction of sp³-hybridized carbons (Fsp3) is 0.0769. The number of carbonyl (C=O) groups is 1. The number of halogens is 3. The lowest BCUT2D eigenvalue weighted by Gasteiger charge is -2.08. The Morgan fingerprint density at radius 1 is 1.20 bits per heavy atom. The Labute approximate surface area is 121 Å². The van der Waals surface area contributed by atoms with E-state index in [2.05, 4.69) is 21.2 Å². The van der Waals surface area contributed by atoms with Crippen molar-refractivity contribution in [2.24, 2.45) is 0 Å². The fourth-order valence-electron chi connectivity index (χ4n) is 1.55. The van der Waals surface area contributed by atoms with Crippen LogP contribution in [0.4, 0.5) is 14.5 Å². The van der Waals surface area contributed by atoms with Crippen LogP contribution in [0.3, 0.4) is 0 Å². The Balaban J connectivity index is 2.11. The van der Waals surface area contributed by atoms with Gasteiger partial charge in [-0.05, 0) is 34.1 Å². The normalized spacial score (nSPS) is 10.3. The van der Waals surface area contributed by atoms with E-state index < -0.39 is 17.5 Å². The molecule has 4 nitrogen and oxygen atoms in total. The summed E-state index contributed by atoms with van der Waals surface area (Å²) in [5.74, 6) is -2.56. The Morgan fingerprint density at radius 2 is 1.95 bits per heavy atom. The van der Waals surface area contributed by atoms with E-state index in [1.807, 2.05) is 0 Å². The highest BCUT2D eigenvalue weighted by atomic mass is 79.9.